The van der Waals surface area contributed by atoms with Crippen LogP contribution in [0.2, 0.25) is 0 Å². The van der Waals surface area contributed by atoms with Crippen LogP contribution in [0.15, 0.2) is 42.6 Å². The van der Waals surface area contributed by atoms with Gasteiger partial charge in [-0.3, -0.25) is 9.78 Å². The van der Waals surface area contributed by atoms with Crippen molar-refractivity contribution in [1.82, 2.24) is 4.98 Å². The zero-order chi connectivity index (χ0) is 21.7. The van der Waals surface area contributed by atoms with Crippen molar-refractivity contribution in [2.45, 2.75) is 19.8 Å². The van der Waals surface area contributed by atoms with Crippen molar-refractivity contribution in [3.05, 3.63) is 59.4 Å². The number of rotatable bonds is 9. The van der Waals surface area contributed by atoms with Gasteiger partial charge < -0.3 is 19.3 Å². The Bertz CT molecular complexity index is 1090. The predicted molar refractivity (Wildman–Crippen MR) is 112 cm³/mol. The van der Waals surface area contributed by atoms with E-state index in [0.717, 1.165) is 12.8 Å². The number of carboxylic acids is 1. The summed E-state index contributed by atoms with van der Waals surface area (Å²) in [7, 11) is 2.93. The molecular weight excluding hydrogens is 386 g/mol. The lowest BCUT2D eigenvalue weighted by Crippen LogP contribution is -2.09. The van der Waals surface area contributed by atoms with Crippen LogP contribution in [0.3, 0.4) is 0 Å². The highest BCUT2D eigenvalue weighted by atomic mass is 16.5. The predicted octanol–water partition coefficient (Wildman–Crippen LogP) is 4.36. The number of pyridine rings is 1. The highest BCUT2D eigenvalue weighted by molar-refractivity contribution is 6.18. The normalized spacial score (nSPS) is 10.6. The standard InChI is InChI=1S/C23H23NO6/c1-4-5-9-30-15-8-6-7-14(10-15)22(25)21-17-12-20(29-3)19(28-2)11-16(17)18(13-24-21)23(26)27/h6-8,10-13H,4-5,9H2,1-3H3,(H,26,27). The van der Waals surface area contributed by atoms with Crippen molar-refractivity contribution in [3.8, 4) is 17.2 Å². The summed E-state index contributed by atoms with van der Waals surface area (Å²) in [6.07, 6.45) is 3.11. The fraction of sp³-hybridized carbons (Fsp3) is 0.261. The van der Waals surface area contributed by atoms with Crippen molar-refractivity contribution in [1.29, 1.82) is 0 Å². The van der Waals surface area contributed by atoms with E-state index in [2.05, 4.69) is 11.9 Å². The van der Waals surface area contributed by atoms with Crippen molar-refractivity contribution >= 4 is 22.5 Å². The molecule has 0 aliphatic rings. The van der Waals surface area contributed by atoms with Crippen molar-refractivity contribution in [2.75, 3.05) is 20.8 Å². The average Bonchev–Trinajstić information content (AvgIpc) is 2.77. The molecule has 0 spiro atoms. The molecular formula is C23H23NO6. The van der Waals surface area contributed by atoms with E-state index >= 15 is 0 Å². The number of ketones is 1. The van der Waals surface area contributed by atoms with Gasteiger partial charge in [-0.15, -0.1) is 0 Å². The maximum Gasteiger partial charge on any atom is 0.337 e. The first-order valence-electron chi connectivity index (χ1n) is 9.55. The molecule has 30 heavy (non-hydrogen) atoms. The van der Waals surface area contributed by atoms with Gasteiger partial charge >= 0.3 is 5.97 Å². The van der Waals surface area contributed by atoms with Gasteiger partial charge in [-0.25, -0.2) is 4.79 Å². The van der Waals surface area contributed by atoms with E-state index in [4.69, 9.17) is 14.2 Å². The molecule has 0 fully saturated rings. The number of ether oxygens (including phenoxy) is 3. The maximum atomic E-state index is 13.2. The van der Waals surface area contributed by atoms with Crippen LogP contribution in [0.5, 0.6) is 17.2 Å². The molecule has 0 amide bonds. The Labute approximate surface area is 174 Å². The minimum absolute atomic E-state index is 0.0286. The molecule has 3 aromatic rings. The molecule has 7 nitrogen and oxygen atoms in total. The van der Waals surface area contributed by atoms with Gasteiger partial charge in [0.25, 0.3) is 0 Å². The van der Waals surface area contributed by atoms with E-state index in [1.165, 1.54) is 20.4 Å². The lowest BCUT2D eigenvalue weighted by atomic mass is 9.99. The molecule has 0 bridgehead atoms. The summed E-state index contributed by atoms with van der Waals surface area (Å²) in [5.41, 5.74) is 0.497. The third-order valence-electron chi connectivity index (χ3n) is 4.70. The Kier molecular flexibility index (Phi) is 6.51. The maximum absolute atomic E-state index is 13.2. The summed E-state index contributed by atoms with van der Waals surface area (Å²) in [6.45, 7) is 2.64. The number of hydrogen-bond acceptors (Lipinski definition) is 6. The van der Waals surface area contributed by atoms with Crippen LogP contribution >= 0.6 is 0 Å². The van der Waals surface area contributed by atoms with Gasteiger partial charge in [-0.05, 0) is 30.7 Å². The molecule has 0 atom stereocenters. The summed E-state index contributed by atoms with van der Waals surface area (Å²) in [6, 6.07) is 9.99. The molecule has 0 radical (unpaired) electrons. The van der Waals surface area contributed by atoms with Crippen LogP contribution in [0.1, 0.15) is 46.2 Å². The first-order chi connectivity index (χ1) is 14.5. The number of methoxy groups -OCH3 is 2. The summed E-state index contributed by atoms with van der Waals surface area (Å²) >= 11 is 0. The Morgan fingerprint density at radius 1 is 1.03 bits per heavy atom. The molecule has 1 heterocycles. The number of benzene rings is 2. The number of fused-ring (bicyclic) bond motifs is 1. The zero-order valence-corrected chi connectivity index (χ0v) is 17.1. The molecule has 1 aromatic heterocycles. The van der Waals surface area contributed by atoms with Crippen LogP contribution in [-0.2, 0) is 0 Å². The molecule has 1 N–H and O–H groups in total. The smallest absolute Gasteiger partial charge is 0.337 e. The molecule has 0 unspecified atom stereocenters. The molecule has 3 rings (SSSR count). The quantitative estimate of drug-likeness (QED) is 0.414. The third kappa shape index (κ3) is 4.20. The van der Waals surface area contributed by atoms with Gasteiger partial charge in [0.2, 0.25) is 5.78 Å². The number of carboxylic acid groups (broad SMARTS) is 1. The molecule has 0 aliphatic carbocycles. The van der Waals surface area contributed by atoms with Crippen LogP contribution in [0, 0.1) is 0 Å². The minimum Gasteiger partial charge on any atom is -0.494 e. The van der Waals surface area contributed by atoms with Gasteiger partial charge in [-0.1, -0.05) is 25.5 Å². The second-order valence-electron chi connectivity index (χ2n) is 6.64. The number of nitrogens with zero attached hydrogens (tertiary/aromatic N) is 1. The number of aromatic nitrogens is 1. The SMILES string of the molecule is CCCCOc1cccc(C(=O)c2ncc(C(=O)O)c3cc(OC)c(OC)cc23)c1. The van der Waals surface area contributed by atoms with E-state index in [1.54, 1.807) is 36.4 Å². The van der Waals surface area contributed by atoms with Crippen LogP contribution in [0.25, 0.3) is 10.8 Å². The summed E-state index contributed by atoms with van der Waals surface area (Å²) in [5.74, 6) is -0.154. The monoisotopic (exact) mass is 409 g/mol. The largest absolute Gasteiger partial charge is 0.494 e. The first-order valence-corrected chi connectivity index (χ1v) is 9.55. The summed E-state index contributed by atoms with van der Waals surface area (Å²) in [5, 5.41) is 10.3. The number of hydrogen-bond donors (Lipinski definition) is 1. The molecule has 0 saturated heterocycles. The van der Waals surface area contributed by atoms with Gasteiger partial charge in [0.1, 0.15) is 11.4 Å². The fourth-order valence-electron chi connectivity index (χ4n) is 3.12. The van der Waals surface area contributed by atoms with Crippen LogP contribution in [0.4, 0.5) is 0 Å². The number of carbonyl (C=O) groups excluding carboxylic acids is 1. The zero-order valence-electron chi connectivity index (χ0n) is 17.1. The van der Waals surface area contributed by atoms with E-state index in [-0.39, 0.29) is 17.0 Å². The number of carbonyl (C=O) groups is 2. The van der Waals surface area contributed by atoms with E-state index in [1.807, 2.05) is 0 Å². The second kappa shape index (κ2) is 9.26. The van der Waals surface area contributed by atoms with Gasteiger partial charge in [0.15, 0.2) is 11.5 Å². The van der Waals surface area contributed by atoms with Gasteiger partial charge in [-0.2, -0.15) is 0 Å². The topological polar surface area (TPSA) is 95.0 Å². The minimum atomic E-state index is -1.15. The lowest BCUT2D eigenvalue weighted by Gasteiger charge is -2.13. The highest BCUT2D eigenvalue weighted by Crippen LogP contribution is 2.35. The fourth-order valence-corrected chi connectivity index (χ4v) is 3.12. The Balaban J connectivity index is 2.11. The molecule has 7 heteroatoms. The number of aromatic carboxylic acids is 1. The van der Waals surface area contributed by atoms with Crippen LogP contribution < -0.4 is 14.2 Å². The van der Waals surface area contributed by atoms with Gasteiger partial charge in [0, 0.05) is 22.5 Å². The van der Waals surface area contributed by atoms with Crippen LogP contribution in [-0.4, -0.2) is 42.7 Å². The average molecular weight is 409 g/mol. The van der Waals surface area contributed by atoms with E-state index in [0.29, 0.717) is 40.2 Å². The molecule has 0 saturated carbocycles. The Morgan fingerprint density at radius 2 is 1.73 bits per heavy atom. The molecule has 156 valence electrons. The molecule has 2 aromatic carbocycles. The van der Waals surface area contributed by atoms with E-state index in [9.17, 15) is 14.7 Å². The van der Waals surface area contributed by atoms with Crippen molar-refractivity contribution in [2.24, 2.45) is 0 Å². The number of unbranched alkanes of at least 4 members (excludes halogenated alkanes) is 1. The molecule has 0 aliphatic heterocycles. The van der Waals surface area contributed by atoms with Crippen molar-refractivity contribution in [3.63, 3.8) is 0 Å². The highest BCUT2D eigenvalue weighted by Gasteiger charge is 2.21. The second-order valence-corrected chi connectivity index (χ2v) is 6.64. The lowest BCUT2D eigenvalue weighted by molar-refractivity contribution is 0.0698. The summed E-state index contributed by atoms with van der Waals surface area (Å²) in [4.78, 5) is 29.1. The third-order valence-corrected chi connectivity index (χ3v) is 4.70. The van der Waals surface area contributed by atoms with Crippen molar-refractivity contribution < 1.29 is 28.9 Å². The first kappa shape index (κ1) is 21.1. The van der Waals surface area contributed by atoms with Gasteiger partial charge in [0.05, 0.1) is 26.4 Å². The van der Waals surface area contributed by atoms with E-state index < -0.39 is 5.97 Å². The Hall–Kier alpha value is -3.61. The summed E-state index contributed by atoms with van der Waals surface area (Å²) < 4.78 is 16.3. The Morgan fingerprint density at radius 3 is 2.37 bits per heavy atom.